The molecule has 0 amide bonds. The van der Waals surface area contributed by atoms with Crippen molar-refractivity contribution in [3.05, 3.63) is 47.8 Å². The summed E-state index contributed by atoms with van der Waals surface area (Å²) < 4.78 is 34.6. The molecule has 7 heteroatoms. The van der Waals surface area contributed by atoms with Crippen molar-refractivity contribution in [2.45, 2.75) is 37.3 Å². The number of nitrogens with zero attached hydrogens (tertiary/aromatic N) is 2. The summed E-state index contributed by atoms with van der Waals surface area (Å²) in [7, 11) is -3.56. The van der Waals surface area contributed by atoms with Crippen LogP contribution in [0.1, 0.15) is 24.1 Å². The fourth-order valence-corrected chi connectivity index (χ4v) is 3.95. The summed E-state index contributed by atoms with van der Waals surface area (Å²) >= 11 is 0. The smallest absolute Gasteiger partial charge is 0.244 e. The molecule has 1 aliphatic rings. The molecule has 124 valence electrons. The minimum atomic E-state index is -3.56. The number of nitrogens with one attached hydrogen (secondary N) is 1. The largest absolute Gasteiger partial charge is 0.377 e. The minimum Gasteiger partial charge on any atom is -0.377 e. The first kappa shape index (κ1) is 16.2. The zero-order valence-corrected chi connectivity index (χ0v) is 13.9. The van der Waals surface area contributed by atoms with E-state index in [1.807, 2.05) is 30.3 Å². The van der Waals surface area contributed by atoms with Crippen LogP contribution in [0.3, 0.4) is 0 Å². The normalized spacial score (nSPS) is 18.4. The molecule has 1 aromatic carbocycles. The Morgan fingerprint density at radius 3 is 2.83 bits per heavy atom. The lowest BCUT2D eigenvalue weighted by Crippen LogP contribution is -2.32. The third-order valence-corrected chi connectivity index (χ3v) is 5.43. The van der Waals surface area contributed by atoms with Gasteiger partial charge in [-0.3, -0.25) is 4.68 Å². The Morgan fingerprint density at radius 1 is 1.35 bits per heavy atom. The van der Waals surface area contributed by atoms with Crippen LogP contribution in [-0.4, -0.2) is 37.5 Å². The molecule has 1 aliphatic heterocycles. The third kappa shape index (κ3) is 3.99. The summed E-state index contributed by atoms with van der Waals surface area (Å²) in [6.07, 6.45) is 3.44. The van der Waals surface area contributed by atoms with E-state index in [1.165, 1.54) is 0 Å². The van der Waals surface area contributed by atoms with Crippen LogP contribution in [0.4, 0.5) is 0 Å². The molecule has 1 saturated heterocycles. The Morgan fingerprint density at radius 2 is 2.13 bits per heavy atom. The lowest BCUT2D eigenvalue weighted by atomic mass is 10.2. The van der Waals surface area contributed by atoms with Gasteiger partial charge in [-0.25, -0.2) is 13.1 Å². The predicted octanol–water partition coefficient (Wildman–Crippen LogP) is 1.70. The van der Waals surface area contributed by atoms with Crippen molar-refractivity contribution < 1.29 is 13.2 Å². The molecule has 23 heavy (non-hydrogen) atoms. The second-order valence-corrected chi connectivity index (χ2v) is 7.48. The summed E-state index contributed by atoms with van der Waals surface area (Å²) in [6, 6.07) is 9.82. The van der Waals surface area contributed by atoms with Crippen molar-refractivity contribution in [2.24, 2.45) is 0 Å². The van der Waals surface area contributed by atoms with Crippen LogP contribution < -0.4 is 4.72 Å². The average Bonchev–Trinajstić information content (AvgIpc) is 3.16. The number of aryl methyl sites for hydroxylation is 1. The van der Waals surface area contributed by atoms with E-state index in [1.54, 1.807) is 17.8 Å². The molecule has 6 nitrogen and oxygen atoms in total. The zero-order valence-electron chi connectivity index (χ0n) is 13.1. The van der Waals surface area contributed by atoms with E-state index in [4.69, 9.17) is 4.74 Å². The zero-order chi connectivity index (χ0) is 16.3. The third-order valence-electron chi connectivity index (χ3n) is 3.90. The van der Waals surface area contributed by atoms with Gasteiger partial charge in [0.25, 0.3) is 0 Å². The number of sulfonamides is 1. The Bertz CT molecular complexity index is 750. The van der Waals surface area contributed by atoms with Crippen molar-refractivity contribution in [3.8, 4) is 0 Å². The van der Waals surface area contributed by atoms with Crippen molar-refractivity contribution in [3.63, 3.8) is 0 Å². The van der Waals surface area contributed by atoms with E-state index in [0.29, 0.717) is 25.4 Å². The van der Waals surface area contributed by atoms with Gasteiger partial charge in [0.2, 0.25) is 10.0 Å². The van der Waals surface area contributed by atoms with E-state index in [0.717, 1.165) is 18.4 Å². The van der Waals surface area contributed by atoms with E-state index in [2.05, 4.69) is 9.82 Å². The monoisotopic (exact) mass is 335 g/mol. The molecule has 2 heterocycles. The molecule has 1 fully saturated rings. The van der Waals surface area contributed by atoms with Gasteiger partial charge in [-0.05, 0) is 25.3 Å². The highest BCUT2D eigenvalue weighted by Crippen LogP contribution is 2.16. The topological polar surface area (TPSA) is 73.2 Å². The number of benzene rings is 1. The Balaban J connectivity index is 1.71. The fourth-order valence-electron chi connectivity index (χ4n) is 2.70. The Kier molecular flexibility index (Phi) is 4.79. The Hall–Kier alpha value is -1.70. The number of rotatable bonds is 6. The molecule has 3 rings (SSSR count). The standard InChI is InChI=1S/C16H21N3O3S/c1-13-16(23(20,21)17-10-15-8-5-9-22-15)12-19(18-13)11-14-6-3-2-4-7-14/h2-4,6-7,12,15,17H,5,8-11H2,1H3. The average molecular weight is 335 g/mol. The van der Waals surface area contributed by atoms with Crippen LogP contribution in [0.2, 0.25) is 0 Å². The Labute approximate surface area is 136 Å². The quantitative estimate of drug-likeness (QED) is 0.872. The number of ether oxygens (including phenoxy) is 1. The number of hydrogen-bond acceptors (Lipinski definition) is 4. The van der Waals surface area contributed by atoms with Gasteiger partial charge >= 0.3 is 0 Å². The molecular weight excluding hydrogens is 314 g/mol. The highest BCUT2D eigenvalue weighted by Gasteiger charge is 2.23. The maximum Gasteiger partial charge on any atom is 0.244 e. The highest BCUT2D eigenvalue weighted by atomic mass is 32.2. The van der Waals surface area contributed by atoms with Crippen LogP contribution >= 0.6 is 0 Å². The van der Waals surface area contributed by atoms with Crippen LogP contribution in [0.15, 0.2) is 41.4 Å². The first-order valence-corrected chi connectivity index (χ1v) is 9.22. The van der Waals surface area contributed by atoms with Crippen LogP contribution in [0.25, 0.3) is 0 Å². The molecule has 2 aromatic rings. The first-order valence-electron chi connectivity index (χ1n) is 7.74. The van der Waals surface area contributed by atoms with Gasteiger partial charge < -0.3 is 4.74 Å². The molecule has 0 aliphatic carbocycles. The molecule has 1 atom stereocenters. The van der Waals surface area contributed by atoms with Crippen molar-refractivity contribution >= 4 is 10.0 Å². The molecule has 0 bridgehead atoms. The SMILES string of the molecule is Cc1nn(Cc2ccccc2)cc1S(=O)(=O)NCC1CCCO1. The van der Waals surface area contributed by atoms with Gasteiger partial charge in [0, 0.05) is 19.3 Å². The van der Waals surface area contributed by atoms with Gasteiger partial charge in [0.1, 0.15) is 4.90 Å². The lowest BCUT2D eigenvalue weighted by Gasteiger charge is -2.10. The van der Waals surface area contributed by atoms with Crippen LogP contribution in [0.5, 0.6) is 0 Å². The molecule has 0 radical (unpaired) electrons. The molecule has 1 aromatic heterocycles. The molecular formula is C16H21N3O3S. The van der Waals surface area contributed by atoms with Gasteiger partial charge in [0.05, 0.1) is 18.3 Å². The van der Waals surface area contributed by atoms with Gasteiger partial charge in [-0.1, -0.05) is 30.3 Å². The summed E-state index contributed by atoms with van der Waals surface area (Å²) in [4.78, 5) is 0.228. The summed E-state index contributed by atoms with van der Waals surface area (Å²) in [5.74, 6) is 0. The van der Waals surface area contributed by atoms with Gasteiger partial charge in [-0.2, -0.15) is 5.10 Å². The predicted molar refractivity (Wildman–Crippen MR) is 86.7 cm³/mol. The second-order valence-electron chi connectivity index (χ2n) is 5.75. The second kappa shape index (κ2) is 6.82. The van der Waals surface area contributed by atoms with Gasteiger partial charge in [0.15, 0.2) is 0 Å². The maximum atomic E-state index is 12.5. The summed E-state index contributed by atoms with van der Waals surface area (Å²) in [5, 5.41) is 4.32. The van der Waals surface area contributed by atoms with Crippen molar-refractivity contribution in [1.82, 2.24) is 14.5 Å². The molecule has 1 N–H and O–H groups in total. The van der Waals surface area contributed by atoms with Crippen LogP contribution in [0, 0.1) is 6.92 Å². The minimum absolute atomic E-state index is 0.0237. The van der Waals surface area contributed by atoms with E-state index in [-0.39, 0.29) is 11.0 Å². The van der Waals surface area contributed by atoms with Crippen molar-refractivity contribution in [1.29, 1.82) is 0 Å². The highest BCUT2D eigenvalue weighted by molar-refractivity contribution is 7.89. The van der Waals surface area contributed by atoms with E-state index < -0.39 is 10.0 Å². The van der Waals surface area contributed by atoms with Crippen molar-refractivity contribution in [2.75, 3.05) is 13.2 Å². The first-order chi connectivity index (χ1) is 11.0. The number of aromatic nitrogens is 2. The summed E-state index contributed by atoms with van der Waals surface area (Å²) in [6.45, 7) is 3.27. The molecule has 0 spiro atoms. The van der Waals surface area contributed by atoms with Gasteiger partial charge in [-0.15, -0.1) is 0 Å². The lowest BCUT2D eigenvalue weighted by molar-refractivity contribution is 0.114. The molecule has 1 unspecified atom stereocenters. The van der Waals surface area contributed by atoms with Crippen LogP contribution in [-0.2, 0) is 21.3 Å². The maximum absolute atomic E-state index is 12.5. The summed E-state index contributed by atoms with van der Waals surface area (Å²) in [5.41, 5.74) is 1.58. The van der Waals surface area contributed by atoms with E-state index >= 15 is 0 Å². The molecule has 0 saturated carbocycles. The fraction of sp³-hybridized carbons (Fsp3) is 0.438. The van der Waals surface area contributed by atoms with E-state index in [9.17, 15) is 8.42 Å². The number of hydrogen-bond donors (Lipinski definition) is 1.